The molecule has 0 saturated carbocycles. The standard InChI is InChI=1S/C9H13ClO4/c1-5(2)8(11)13-7(4)14-9(12)6(3)10/h6-7H,1H2,2-4H3. The molecule has 0 aromatic rings. The molecule has 0 N–H and O–H groups in total. The lowest BCUT2D eigenvalue weighted by atomic mass is 10.4. The van der Waals surface area contributed by atoms with Crippen LogP contribution in [0, 0.1) is 0 Å². The first kappa shape index (κ1) is 13.0. The lowest BCUT2D eigenvalue weighted by molar-refractivity contribution is -0.181. The maximum Gasteiger partial charge on any atom is 0.336 e. The van der Waals surface area contributed by atoms with Crippen molar-refractivity contribution in [1.29, 1.82) is 0 Å². The Labute approximate surface area is 87.8 Å². The predicted octanol–water partition coefficient (Wildman–Crippen LogP) is 1.62. The normalized spacial score (nSPS) is 14.0. The summed E-state index contributed by atoms with van der Waals surface area (Å²) in [5, 5.41) is -0.763. The average Bonchev–Trinajstić information content (AvgIpc) is 2.03. The number of hydrogen-bond donors (Lipinski definition) is 0. The SMILES string of the molecule is C=C(C)C(=O)OC(C)OC(=O)C(C)Cl. The number of carbonyl (C=O) groups is 2. The molecule has 2 unspecified atom stereocenters. The van der Waals surface area contributed by atoms with Crippen molar-refractivity contribution in [1.82, 2.24) is 0 Å². The minimum atomic E-state index is -0.951. The zero-order valence-corrected chi connectivity index (χ0v) is 9.13. The molecule has 0 heterocycles. The Morgan fingerprint density at radius 3 is 2.14 bits per heavy atom. The van der Waals surface area contributed by atoms with Crippen LogP contribution in [0.4, 0.5) is 0 Å². The van der Waals surface area contributed by atoms with Gasteiger partial charge in [-0.2, -0.15) is 0 Å². The molecule has 2 atom stereocenters. The van der Waals surface area contributed by atoms with Crippen molar-refractivity contribution < 1.29 is 19.1 Å². The third-order valence-electron chi connectivity index (χ3n) is 1.23. The second kappa shape index (κ2) is 5.65. The number of halogens is 1. The zero-order valence-electron chi connectivity index (χ0n) is 8.37. The van der Waals surface area contributed by atoms with E-state index in [4.69, 9.17) is 16.3 Å². The molecular weight excluding hydrogens is 208 g/mol. The van der Waals surface area contributed by atoms with E-state index in [-0.39, 0.29) is 5.57 Å². The second-order valence-corrected chi connectivity index (χ2v) is 3.46. The average molecular weight is 221 g/mol. The summed E-state index contributed by atoms with van der Waals surface area (Å²) < 4.78 is 9.37. The van der Waals surface area contributed by atoms with E-state index in [9.17, 15) is 9.59 Å². The van der Waals surface area contributed by atoms with Gasteiger partial charge in [-0.15, -0.1) is 11.6 Å². The van der Waals surface area contributed by atoms with E-state index < -0.39 is 23.6 Å². The van der Waals surface area contributed by atoms with E-state index in [0.717, 1.165) is 0 Å². The Balaban J connectivity index is 3.99. The number of ether oxygens (including phenoxy) is 2. The highest BCUT2D eigenvalue weighted by Crippen LogP contribution is 2.04. The molecule has 5 heteroatoms. The number of rotatable bonds is 4. The largest absolute Gasteiger partial charge is 0.424 e. The summed E-state index contributed by atoms with van der Waals surface area (Å²) in [5.74, 6) is -1.23. The summed E-state index contributed by atoms with van der Waals surface area (Å²) in [6.07, 6.45) is -0.951. The first-order valence-electron chi connectivity index (χ1n) is 4.05. The number of alkyl halides is 1. The molecule has 0 saturated heterocycles. The van der Waals surface area contributed by atoms with Crippen molar-refractivity contribution >= 4 is 23.5 Å². The van der Waals surface area contributed by atoms with Crippen molar-refractivity contribution in [2.75, 3.05) is 0 Å². The van der Waals surface area contributed by atoms with Crippen molar-refractivity contribution in [2.24, 2.45) is 0 Å². The molecular formula is C9H13ClO4. The minimum Gasteiger partial charge on any atom is -0.424 e. The lowest BCUT2D eigenvalue weighted by Gasteiger charge is -2.14. The number of carbonyl (C=O) groups excluding carboxylic acids is 2. The molecule has 14 heavy (non-hydrogen) atoms. The molecule has 0 rings (SSSR count). The maximum atomic E-state index is 11.0. The van der Waals surface area contributed by atoms with Gasteiger partial charge in [-0.3, -0.25) is 4.79 Å². The Hall–Kier alpha value is -1.03. The molecule has 0 aromatic carbocycles. The molecule has 0 aliphatic carbocycles. The van der Waals surface area contributed by atoms with Gasteiger partial charge < -0.3 is 9.47 Å². The van der Waals surface area contributed by atoms with E-state index in [1.165, 1.54) is 20.8 Å². The van der Waals surface area contributed by atoms with Crippen molar-refractivity contribution in [2.45, 2.75) is 32.4 Å². The Morgan fingerprint density at radius 2 is 1.79 bits per heavy atom. The fourth-order valence-electron chi connectivity index (χ4n) is 0.533. The van der Waals surface area contributed by atoms with Crippen molar-refractivity contribution in [3.05, 3.63) is 12.2 Å². The summed E-state index contributed by atoms with van der Waals surface area (Å²) in [4.78, 5) is 21.9. The van der Waals surface area contributed by atoms with Crippen LogP contribution in [0.3, 0.4) is 0 Å². The first-order valence-corrected chi connectivity index (χ1v) is 4.49. The van der Waals surface area contributed by atoms with E-state index in [0.29, 0.717) is 0 Å². The van der Waals surface area contributed by atoms with Gasteiger partial charge in [-0.05, 0) is 13.8 Å². The van der Waals surface area contributed by atoms with Crippen molar-refractivity contribution in [3.63, 3.8) is 0 Å². The molecule has 0 fully saturated rings. The van der Waals surface area contributed by atoms with Crippen LogP contribution < -0.4 is 0 Å². The van der Waals surface area contributed by atoms with Gasteiger partial charge in [0.25, 0.3) is 0 Å². The van der Waals surface area contributed by atoms with Gasteiger partial charge >= 0.3 is 11.9 Å². The molecule has 0 spiro atoms. The summed E-state index contributed by atoms with van der Waals surface area (Å²) in [6, 6.07) is 0. The van der Waals surface area contributed by atoms with Crippen LogP contribution in [-0.2, 0) is 19.1 Å². The fourth-order valence-corrected chi connectivity index (χ4v) is 0.584. The summed E-state index contributed by atoms with van der Waals surface area (Å²) in [5.41, 5.74) is 0.242. The molecule has 0 bridgehead atoms. The predicted molar refractivity (Wildman–Crippen MR) is 51.8 cm³/mol. The van der Waals surface area contributed by atoms with E-state index in [1.54, 1.807) is 0 Å². The minimum absolute atomic E-state index is 0.242. The smallest absolute Gasteiger partial charge is 0.336 e. The van der Waals surface area contributed by atoms with Gasteiger partial charge in [0.2, 0.25) is 6.29 Å². The van der Waals surface area contributed by atoms with Gasteiger partial charge in [0.1, 0.15) is 5.38 Å². The van der Waals surface area contributed by atoms with E-state index >= 15 is 0 Å². The van der Waals surface area contributed by atoms with Gasteiger partial charge in [0.05, 0.1) is 0 Å². The third kappa shape index (κ3) is 4.87. The molecule has 0 aromatic heterocycles. The highest BCUT2D eigenvalue weighted by molar-refractivity contribution is 6.29. The van der Waals surface area contributed by atoms with Gasteiger partial charge in [-0.1, -0.05) is 6.58 Å². The van der Waals surface area contributed by atoms with Crippen LogP contribution in [-0.4, -0.2) is 23.6 Å². The monoisotopic (exact) mass is 220 g/mol. The summed E-state index contributed by atoms with van der Waals surface area (Å²) in [7, 11) is 0. The molecule has 0 radical (unpaired) electrons. The van der Waals surface area contributed by atoms with Crippen LogP contribution in [0.5, 0.6) is 0 Å². The van der Waals surface area contributed by atoms with Crippen LogP contribution in [0.15, 0.2) is 12.2 Å². The van der Waals surface area contributed by atoms with Crippen LogP contribution in [0.2, 0.25) is 0 Å². The quantitative estimate of drug-likeness (QED) is 0.313. The van der Waals surface area contributed by atoms with E-state index in [2.05, 4.69) is 11.3 Å². The first-order chi connectivity index (χ1) is 6.34. The number of hydrogen-bond acceptors (Lipinski definition) is 4. The van der Waals surface area contributed by atoms with E-state index in [1.807, 2.05) is 0 Å². The third-order valence-corrected chi connectivity index (χ3v) is 1.41. The topological polar surface area (TPSA) is 52.6 Å². The second-order valence-electron chi connectivity index (χ2n) is 2.81. The summed E-state index contributed by atoms with van der Waals surface area (Å²) >= 11 is 5.44. The van der Waals surface area contributed by atoms with Gasteiger partial charge in [-0.25, -0.2) is 4.79 Å². The molecule has 4 nitrogen and oxygen atoms in total. The Kier molecular flexibility index (Phi) is 5.23. The molecule has 0 aliphatic rings. The molecule has 0 amide bonds. The fraction of sp³-hybridized carbons (Fsp3) is 0.556. The van der Waals surface area contributed by atoms with Crippen LogP contribution >= 0.6 is 11.6 Å². The van der Waals surface area contributed by atoms with Gasteiger partial charge in [0, 0.05) is 12.5 Å². The zero-order chi connectivity index (χ0) is 11.3. The highest BCUT2D eigenvalue weighted by atomic mass is 35.5. The summed E-state index contributed by atoms with van der Waals surface area (Å²) in [6.45, 7) is 7.78. The number of esters is 2. The lowest BCUT2D eigenvalue weighted by Crippen LogP contribution is -2.25. The van der Waals surface area contributed by atoms with Gasteiger partial charge in [0.15, 0.2) is 0 Å². The highest BCUT2D eigenvalue weighted by Gasteiger charge is 2.17. The molecule has 0 aliphatic heterocycles. The Morgan fingerprint density at radius 1 is 1.29 bits per heavy atom. The molecule has 80 valence electrons. The maximum absolute atomic E-state index is 11.0. The van der Waals surface area contributed by atoms with Crippen molar-refractivity contribution in [3.8, 4) is 0 Å². The van der Waals surface area contributed by atoms with Crippen LogP contribution in [0.1, 0.15) is 20.8 Å². The van der Waals surface area contributed by atoms with Crippen LogP contribution in [0.25, 0.3) is 0 Å². The Bertz CT molecular complexity index is 247.